The van der Waals surface area contributed by atoms with Crippen LogP contribution in [0.15, 0.2) is 93.9 Å². The molecule has 0 saturated carbocycles. The summed E-state index contributed by atoms with van der Waals surface area (Å²) in [7, 11) is -3.94. The van der Waals surface area contributed by atoms with Gasteiger partial charge in [-0.15, -0.1) is 0 Å². The molecule has 5 nitrogen and oxygen atoms in total. The first-order chi connectivity index (χ1) is 15.9. The van der Waals surface area contributed by atoms with Gasteiger partial charge < -0.3 is 5.32 Å². The molecule has 0 bridgehead atoms. The number of nitrogens with one attached hydrogen (secondary N) is 1. The van der Waals surface area contributed by atoms with E-state index in [9.17, 15) is 13.2 Å². The molecule has 0 aromatic heterocycles. The fourth-order valence-corrected chi connectivity index (χ4v) is 4.68. The van der Waals surface area contributed by atoms with Gasteiger partial charge in [-0.25, -0.2) is 0 Å². The molecule has 4 rings (SSSR count). The van der Waals surface area contributed by atoms with E-state index >= 15 is 0 Å². The van der Waals surface area contributed by atoms with Crippen LogP contribution in [0, 0.1) is 6.92 Å². The maximum Gasteiger partial charge on any atom is 0.282 e. The third kappa shape index (κ3) is 5.12. The molecule has 0 amide bonds. The van der Waals surface area contributed by atoms with Crippen LogP contribution in [0.25, 0.3) is 0 Å². The summed E-state index contributed by atoms with van der Waals surface area (Å²) < 4.78 is 30.0. The summed E-state index contributed by atoms with van der Waals surface area (Å²) in [4.78, 5) is 13.2. The molecule has 6 heteroatoms. The van der Waals surface area contributed by atoms with Gasteiger partial charge in [0, 0.05) is 16.8 Å². The quantitative estimate of drug-likeness (QED) is 0.492. The standard InChI is InChI=1S/C27H26N2O3S/c1-3-4-7-20-12-14-21(15-13-20)28-26-18-25(23-8-5-6-9-24(23)27(26)30)29-33(31,32)22-16-10-19(2)11-17-22/h5-6,8-18,28H,3-4,7H2,1-2H3. The number of sulfonamides is 1. The first-order valence-electron chi connectivity index (χ1n) is 11.0. The monoisotopic (exact) mass is 458 g/mol. The number of ketones is 1. The van der Waals surface area contributed by atoms with Crippen molar-refractivity contribution in [3.05, 3.63) is 107 Å². The van der Waals surface area contributed by atoms with E-state index in [-0.39, 0.29) is 22.1 Å². The molecule has 0 aliphatic heterocycles. The average molecular weight is 459 g/mol. The second kappa shape index (κ2) is 9.55. The van der Waals surface area contributed by atoms with Crippen LogP contribution in [-0.4, -0.2) is 19.9 Å². The van der Waals surface area contributed by atoms with E-state index in [2.05, 4.69) is 16.6 Å². The molecule has 33 heavy (non-hydrogen) atoms. The highest BCUT2D eigenvalue weighted by Gasteiger charge is 2.26. The third-order valence-corrected chi connectivity index (χ3v) is 6.87. The highest BCUT2D eigenvalue weighted by atomic mass is 32.2. The van der Waals surface area contributed by atoms with Crippen molar-refractivity contribution in [1.82, 2.24) is 0 Å². The third-order valence-electron chi connectivity index (χ3n) is 5.56. The van der Waals surface area contributed by atoms with E-state index in [1.54, 1.807) is 36.4 Å². The van der Waals surface area contributed by atoms with E-state index in [1.165, 1.54) is 23.8 Å². The van der Waals surface area contributed by atoms with E-state index in [4.69, 9.17) is 0 Å². The largest absolute Gasteiger partial charge is 0.352 e. The van der Waals surface area contributed by atoms with Crippen molar-refractivity contribution in [2.24, 2.45) is 4.40 Å². The second-order valence-electron chi connectivity index (χ2n) is 8.12. The number of nitrogens with zero attached hydrogens (tertiary/aromatic N) is 1. The SMILES string of the molecule is CCCCc1ccc(NC2=CC(=NS(=O)(=O)c3ccc(C)cc3)c3ccccc3C2=O)cc1. The Morgan fingerprint density at radius 1 is 0.879 bits per heavy atom. The second-order valence-corrected chi connectivity index (χ2v) is 9.73. The summed E-state index contributed by atoms with van der Waals surface area (Å²) in [5.74, 6) is -0.202. The van der Waals surface area contributed by atoms with Gasteiger partial charge in [0.25, 0.3) is 10.0 Å². The van der Waals surface area contributed by atoms with Crippen LogP contribution in [0.4, 0.5) is 5.69 Å². The average Bonchev–Trinajstić information content (AvgIpc) is 2.82. The summed E-state index contributed by atoms with van der Waals surface area (Å²) in [5.41, 5.74) is 4.39. The van der Waals surface area contributed by atoms with Crippen molar-refractivity contribution < 1.29 is 13.2 Å². The van der Waals surface area contributed by atoms with Gasteiger partial charge in [0.2, 0.25) is 5.78 Å². The minimum absolute atomic E-state index is 0.112. The number of carbonyl (C=O) groups excluding carboxylic acids is 1. The van der Waals surface area contributed by atoms with E-state index < -0.39 is 10.0 Å². The number of rotatable bonds is 7. The lowest BCUT2D eigenvalue weighted by Gasteiger charge is -2.19. The number of hydrogen-bond donors (Lipinski definition) is 1. The summed E-state index contributed by atoms with van der Waals surface area (Å²) in [6, 6.07) is 21.4. The first kappa shape index (κ1) is 22.7. The van der Waals surface area contributed by atoms with Crippen molar-refractivity contribution >= 4 is 27.2 Å². The highest BCUT2D eigenvalue weighted by Crippen LogP contribution is 2.25. The highest BCUT2D eigenvalue weighted by molar-refractivity contribution is 7.90. The molecule has 0 saturated heterocycles. The minimum Gasteiger partial charge on any atom is -0.352 e. The van der Waals surface area contributed by atoms with Gasteiger partial charge in [-0.3, -0.25) is 4.79 Å². The Morgan fingerprint density at radius 2 is 1.55 bits per heavy atom. The maximum absolute atomic E-state index is 13.1. The van der Waals surface area contributed by atoms with Gasteiger partial charge in [-0.1, -0.05) is 67.4 Å². The van der Waals surface area contributed by atoms with Crippen LogP contribution in [0.1, 0.15) is 46.8 Å². The van der Waals surface area contributed by atoms with Crippen molar-refractivity contribution in [2.75, 3.05) is 5.32 Å². The number of fused-ring (bicyclic) bond motifs is 1. The van der Waals surface area contributed by atoms with E-state index in [0.29, 0.717) is 11.1 Å². The zero-order valence-corrected chi connectivity index (χ0v) is 19.5. The number of aryl methyl sites for hydroxylation is 2. The molecule has 3 aromatic carbocycles. The molecular formula is C27H26N2O3S. The van der Waals surface area contributed by atoms with Crippen LogP contribution in [0.2, 0.25) is 0 Å². The summed E-state index contributed by atoms with van der Waals surface area (Å²) in [6.07, 6.45) is 4.79. The lowest BCUT2D eigenvalue weighted by atomic mass is 9.92. The Kier molecular flexibility index (Phi) is 6.56. The molecular weight excluding hydrogens is 432 g/mol. The van der Waals surface area contributed by atoms with Crippen molar-refractivity contribution in [2.45, 2.75) is 38.0 Å². The van der Waals surface area contributed by atoms with Crippen molar-refractivity contribution in [1.29, 1.82) is 0 Å². The normalized spacial score (nSPS) is 14.7. The van der Waals surface area contributed by atoms with E-state index in [0.717, 1.165) is 30.5 Å². The molecule has 0 spiro atoms. The number of allylic oxidation sites excluding steroid dienone is 2. The maximum atomic E-state index is 13.1. The Labute approximate surface area is 195 Å². The lowest BCUT2D eigenvalue weighted by molar-refractivity contribution is 0.103. The number of hydrogen-bond acceptors (Lipinski definition) is 4. The molecule has 0 unspecified atom stereocenters. The molecule has 168 valence electrons. The minimum atomic E-state index is -3.94. The number of unbranched alkanes of at least 4 members (excludes halogenated alkanes) is 1. The fourth-order valence-electron chi connectivity index (χ4n) is 3.68. The zero-order valence-electron chi connectivity index (χ0n) is 18.7. The topological polar surface area (TPSA) is 75.6 Å². The summed E-state index contributed by atoms with van der Waals surface area (Å²) in [6.45, 7) is 4.05. The van der Waals surface area contributed by atoms with Crippen LogP contribution in [0.3, 0.4) is 0 Å². The molecule has 1 N–H and O–H groups in total. The van der Waals surface area contributed by atoms with Crippen LogP contribution < -0.4 is 5.32 Å². The zero-order chi connectivity index (χ0) is 23.4. The van der Waals surface area contributed by atoms with Crippen LogP contribution in [-0.2, 0) is 16.4 Å². The molecule has 0 fully saturated rings. The van der Waals surface area contributed by atoms with Crippen LogP contribution >= 0.6 is 0 Å². The Morgan fingerprint density at radius 3 is 2.21 bits per heavy atom. The predicted molar refractivity (Wildman–Crippen MR) is 132 cm³/mol. The van der Waals surface area contributed by atoms with Gasteiger partial charge in [0.05, 0.1) is 16.3 Å². The summed E-state index contributed by atoms with van der Waals surface area (Å²) in [5, 5.41) is 3.15. The van der Waals surface area contributed by atoms with Gasteiger partial charge in [-0.2, -0.15) is 12.8 Å². The van der Waals surface area contributed by atoms with Gasteiger partial charge >= 0.3 is 0 Å². The van der Waals surface area contributed by atoms with E-state index in [1.807, 2.05) is 31.2 Å². The first-order valence-corrected chi connectivity index (χ1v) is 12.4. The number of benzene rings is 3. The fraction of sp³-hybridized carbons (Fsp3) is 0.185. The molecule has 1 aliphatic carbocycles. The van der Waals surface area contributed by atoms with Crippen LogP contribution in [0.5, 0.6) is 0 Å². The molecule has 1 aliphatic rings. The van der Waals surface area contributed by atoms with Crippen molar-refractivity contribution in [3.8, 4) is 0 Å². The summed E-state index contributed by atoms with van der Waals surface area (Å²) >= 11 is 0. The molecule has 0 atom stereocenters. The Bertz CT molecular complexity index is 1340. The smallest absolute Gasteiger partial charge is 0.282 e. The number of anilines is 1. The Balaban J connectivity index is 1.70. The molecule has 0 heterocycles. The number of carbonyl (C=O) groups is 1. The molecule has 3 aromatic rings. The van der Waals surface area contributed by atoms with Gasteiger partial charge in [-0.05, 0) is 55.7 Å². The Hall–Kier alpha value is -3.51. The molecule has 0 radical (unpaired) electrons. The van der Waals surface area contributed by atoms with Gasteiger partial charge in [0.15, 0.2) is 0 Å². The number of Topliss-reactive ketones (excluding diaryl/α,β-unsaturated/α-hetero) is 1. The van der Waals surface area contributed by atoms with Crippen molar-refractivity contribution in [3.63, 3.8) is 0 Å². The lowest BCUT2D eigenvalue weighted by Crippen LogP contribution is -2.22. The predicted octanol–water partition coefficient (Wildman–Crippen LogP) is 5.71. The van der Waals surface area contributed by atoms with Gasteiger partial charge in [0.1, 0.15) is 0 Å².